The van der Waals surface area contributed by atoms with Gasteiger partial charge in [-0.3, -0.25) is 4.79 Å². The van der Waals surface area contributed by atoms with E-state index in [-0.39, 0.29) is 5.56 Å². The van der Waals surface area contributed by atoms with Crippen LogP contribution in [0, 0.1) is 0 Å². The van der Waals surface area contributed by atoms with Gasteiger partial charge in [0.15, 0.2) is 0 Å². The minimum Gasteiger partial charge on any atom is -0.497 e. The number of pyridine rings is 1. The van der Waals surface area contributed by atoms with Crippen molar-refractivity contribution < 1.29 is 9.57 Å². The van der Waals surface area contributed by atoms with Crippen molar-refractivity contribution in [1.82, 2.24) is 9.30 Å². The average molecular weight is 308 g/mol. The summed E-state index contributed by atoms with van der Waals surface area (Å²) in [7, 11) is 5.08. The number of benzene rings is 2. The van der Waals surface area contributed by atoms with E-state index in [1.165, 1.54) is 11.8 Å². The molecule has 0 spiro atoms. The van der Waals surface area contributed by atoms with Crippen molar-refractivity contribution >= 4 is 32.7 Å². The minimum atomic E-state index is -0.167. The SMILES string of the molecule is COc1ccc2c(c1)n(OC)c(=O)c1c3ccccc3n(C)c21. The van der Waals surface area contributed by atoms with Crippen molar-refractivity contribution in [2.75, 3.05) is 14.2 Å². The Morgan fingerprint density at radius 1 is 0.957 bits per heavy atom. The normalized spacial score (nSPS) is 11.4. The molecule has 0 atom stereocenters. The summed E-state index contributed by atoms with van der Waals surface area (Å²) < 4.78 is 8.67. The van der Waals surface area contributed by atoms with E-state index in [1.807, 2.05) is 49.5 Å². The maximum Gasteiger partial charge on any atom is 0.293 e. The number of hydrogen-bond acceptors (Lipinski definition) is 3. The number of fused-ring (bicyclic) bond motifs is 5. The van der Waals surface area contributed by atoms with Crippen LogP contribution in [0.25, 0.3) is 32.7 Å². The van der Waals surface area contributed by atoms with Crippen molar-refractivity contribution in [2.45, 2.75) is 0 Å². The predicted molar refractivity (Wildman–Crippen MR) is 91.2 cm³/mol. The molecule has 0 bridgehead atoms. The second kappa shape index (κ2) is 4.78. The van der Waals surface area contributed by atoms with E-state index in [0.29, 0.717) is 16.7 Å². The Morgan fingerprint density at radius 3 is 2.48 bits per heavy atom. The molecule has 0 amide bonds. The fraction of sp³-hybridized carbons (Fsp3) is 0.167. The lowest BCUT2D eigenvalue weighted by molar-refractivity contribution is 0.170. The van der Waals surface area contributed by atoms with Crippen LogP contribution in [-0.2, 0) is 7.05 Å². The number of rotatable bonds is 2. The molecule has 0 N–H and O–H groups in total. The number of aryl methyl sites for hydroxylation is 1. The Balaban J connectivity index is 2.37. The van der Waals surface area contributed by atoms with Gasteiger partial charge in [0.25, 0.3) is 5.56 Å². The van der Waals surface area contributed by atoms with Crippen LogP contribution in [0.3, 0.4) is 0 Å². The minimum absolute atomic E-state index is 0.167. The molecule has 0 saturated heterocycles. The Hall–Kier alpha value is -2.95. The van der Waals surface area contributed by atoms with E-state index in [9.17, 15) is 4.79 Å². The molecule has 23 heavy (non-hydrogen) atoms. The fourth-order valence-electron chi connectivity index (χ4n) is 3.32. The molecular formula is C18H16N2O3. The number of methoxy groups -OCH3 is 1. The van der Waals surface area contributed by atoms with E-state index in [1.54, 1.807) is 7.11 Å². The van der Waals surface area contributed by atoms with Gasteiger partial charge in [0.2, 0.25) is 0 Å². The lowest BCUT2D eigenvalue weighted by Gasteiger charge is -2.11. The zero-order valence-corrected chi connectivity index (χ0v) is 13.2. The molecule has 4 rings (SSSR count). The summed E-state index contributed by atoms with van der Waals surface area (Å²) >= 11 is 0. The van der Waals surface area contributed by atoms with Gasteiger partial charge in [-0.1, -0.05) is 18.2 Å². The molecule has 0 aliphatic rings. The summed E-state index contributed by atoms with van der Waals surface area (Å²) in [6, 6.07) is 13.6. The van der Waals surface area contributed by atoms with Gasteiger partial charge in [-0.15, -0.1) is 4.73 Å². The molecule has 5 nitrogen and oxygen atoms in total. The summed E-state index contributed by atoms with van der Waals surface area (Å²) in [6.45, 7) is 0. The Morgan fingerprint density at radius 2 is 1.74 bits per heavy atom. The molecular weight excluding hydrogens is 292 g/mol. The van der Waals surface area contributed by atoms with E-state index >= 15 is 0 Å². The van der Waals surface area contributed by atoms with Crippen LogP contribution >= 0.6 is 0 Å². The molecule has 4 aromatic rings. The first kappa shape index (κ1) is 13.7. The monoisotopic (exact) mass is 308 g/mol. The van der Waals surface area contributed by atoms with Gasteiger partial charge in [-0.05, 0) is 18.2 Å². The largest absolute Gasteiger partial charge is 0.497 e. The molecule has 2 aromatic carbocycles. The lowest BCUT2D eigenvalue weighted by atomic mass is 10.1. The van der Waals surface area contributed by atoms with E-state index in [0.717, 1.165) is 21.8 Å². The van der Waals surface area contributed by atoms with Gasteiger partial charge in [0.1, 0.15) is 12.9 Å². The average Bonchev–Trinajstić information content (AvgIpc) is 2.89. The third-order valence-corrected chi connectivity index (χ3v) is 4.37. The van der Waals surface area contributed by atoms with E-state index in [2.05, 4.69) is 4.57 Å². The first-order valence-electron chi connectivity index (χ1n) is 7.31. The molecule has 0 aliphatic carbocycles. The van der Waals surface area contributed by atoms with Crippen LogP contribution in [0.1, 0.15) is 0 Å². The zero-order valence-electron chi connectivity index (χ0n) is 13.2. The van der Waals surface area contributed by atoms with Crippen LogP contribution in [-0.4, -0.2) is 23.5 Å². The topological polar surface area (TPSA) is 45.4 Å². The summed E-state index contributed by atoms with van der Waals surface area (Å²) in [5.74, 6) is 0.681. The van der Waals surface area contributed by atoms with Crippen molar-refractivity contribution in [3.05, 3.63) is 52.8 Å². The maximum atomic E-state index is 13.0. The lowest BCUT2D eigenvalue weighted by Crippen LogP contribution is -2.25. The Kier molecular flexibility index (Phi) is 2.84. The zero-order chi connectivity index (χ0) is 16.1. The van der Waals surface area contributed by atoms with Crippen LogP contribution in [0.4, 0.5) is 0 Å². The number of aromatic nitrogens is 2. The quantitative estimate of drug-likeness (QED) is 0.572. The van der Waals surface area contributed by atoms with Gasteiger partial charge in [0, 0.05) is 29.4 Å². The van der Waals surface area contributed by atoms with Crippen LogP contribution in [0.15, 0.2) is 47.3 Å². The van der Waals surface area contributed by atoms with Gasteiger partial charge >= 0.3 is 0 Å². The highest BCUT2D eigenvalue weighted by atomic mass is 16.6. The third-order valence-electron chi connectivity index (χ3n) is 4.37. The van der Waals surface area contributed by atoms with E-state index in [4.69, 9.17) is 9.57 Å². The molecule has 0 saturated carbocycles. The molecule has 5 heteroatoms. The highest BCUT2D eigenvalue weighted by molar-refractivity contribution is 6.16. The number of para-hydroxylation sites is 1. The highest BCUT2D eigenvalue weighted by Gasteiger charge is 2.18. The van der Waals surface area contributed by atoms with Crippen LogP contribution in [0.2, 0.25) is 0 Å². The summed E-state index contributed by atoms with van der Waals surface area (Å²) in [5, 5.41) is 2.54. The number of ether oxygens (including phenoxy) is 1. The number of hydrogen-bond donors (Lipinski definition) is 0. The fourth-order valence-corrected chi connectivity index (χ4v) is 3.32. The van der Waals surface area contributed by atoms with Crippen molar-refractivity contribution in [2.24, 2.45) is 7.05 Å². The summed E-state index contributed by atoms with van der Waals surface area (Å²) in [5.41, 5.74) is 2.45. The Labute approximate surface area is 132 Å². The molecule has 0 radical (unpaired) electrons. The first-order valence-corrected chi connectivity index (χ1v) is 7.31. The van der Waals surface area contributed by atoms with Crippen molar-refractivity contribution in [1.29, 1.82) is 0 Å². The van der Waals surface area contributed by atoms with E-state index < -0.39 is 0 Å². The van der Waals surface area contributed by atoms with Gasteiger partial charge < -0.3 is 14.1 Å². The van der Waals surface area contributed by atoms with Gasteiger partial charge in [-0.2, -0.15) is 0 Å². The molecule has 2 aromatic heterocycles. The second-order valence-corrected chi connectivity index (χ2v) is 5.46. The van der Waals surface area contributed by atoms with Crippen LogP contribution < -0.4 is 15.1 Å². The second-order valence-electron chi connectivity index (χ2n) is 5.46. The molecule has 116 valence electrons. The molecule has 2 heterocycles. The molecule has 0 unspecified atom stereocenters. The Bertz CT molecular complexity index is 1120. The maximum absolute atomic E-state index is 13.0. The van der Waals surface area contributed by atoms with Crippen LogP contribution in [0.5, 0.6) is 5.75 Å². The van der Waals surface area contributed by atoms with Gasteiger partial charge in [0.05, 0.1) is 23.5 Å². The van der Waals surface area contributed by atoms with Gasteiger partial charge in [-0.25, -0.2) is 0 Å². The van der Waals surface area contributed by atoms with Crippen molar-refractivity contribution in [3.8, 4) is 5.75 Å². The smallest absolute Gasteiger partial charge is 0.293 e. The standard InChI is InChI=1S/C18H16N2O3/c1-19-14-7-5-4-6-12(14)16-17(19)13-9-8-11(22-2)10-15(13)20(23-3)18(16)21/h4-10H,1-3H3. The van der Waals surface area contributed by atoms with Crippen molar-refractivity contribution in [3.63, 3.8) is 0 Å². The predicted octanol–water partition coefficient (Wildman–Crippen LogP) is 2.71. The summed E-state index contributed by atoms with van der Waals surface area (Å²) in [6.07, 6.45) is 0. The first-order chi connectivity index (χ1) is 11.2. The number of nitrogens with zero attached hydrogens (tertiary/aromatic N) is 2. The highest BCUT2D eigenvalue weighted by Crippen LogP contribution is 2.32. The molecule has 0 fully saturated rings. The summed E-state index contributed by atoms with van der Waals surface area (Å²) in [4.78, 5) is 18.3. The molecule has 0 aliphatic heterocycles. The third kappa shape index (κ3) is 1.70.